The SMILES string of the molecule is CC(C)/C=C/C(C)CCC(C)C. The third kappa shape index (κ3) is 7.84. The molecule has 1 unspecified atom stereocenters. The van der Waals surface area contributed by atoms with E-state index in [0.717, 1.165) is 11.8 Å². The fraction of sp³-hybridized carbons (Fsp3) is 0.833. The third-order valence-corrected chi connectivity index (χ3v) is 2.02. The van der Waals surface area contributed by atoms with Crippen LogP contribution < -0.4 is 0 Å². The maximum Gasteiger partial charge on any atom is -0.0262 e. The Morgan fingerprint density at radius 3 is 1.83 bits per heavy atom. The molecule has 0 rings (SSSR count). The van der Waals surface area contributed by atoms with Gasteiger partial charge in [0, 0.05) is 0 Å². The van der Waals surface area contributed by atoms with Gasteiger partial charge in [-0.3, -0.25) is 0 Å². The monoisotopic (exact) mass is 168 g/mol. The van der Waals surface area contributed by atoms with E-state index in [2.05, 4.69) is 46.8 Å². The van der Waals surface area contributed by atoms with E-state index in [1.165, 1.54) is 12.8 Å². The molecule has 0 aliphatic heterocycles. The molecular weight excluding hydrogens is 144 g/mol. The molecule has 0 amide bonds. The average molecular weight is 168 g/mol. The van der Waals surface area contributed by atoms with Crippen LogP contribution in [0.25, 0.3) is 0 Å². The van der Waals surface area contributed by atoms with Crippen molar-refractivity contribution in [1.82, 2.24) is 0 Å². The van der Waals surface area contributed by atoms with Gasteiger partial charge in [-0.2, -0.15) is 0 Å². The molecule has 0 radical (unpaired) electrons. The molecule has 0 heterocycles. The van der Waals surface area contributed by atoms with E-state index in [1.54, 1.807) is 0 Å². The van der Waals surface area contributed by atoms with Gasteiger partial charge in [-0.15, -0.1) is 0 Å². The van der Waals surface area contributed by atoms with E-state index in [0.29, 0.717) is 5.92 Å². The van der Waals surface area contributed by atoms with Crippen LogP contribution in [0.5, 0.6) is 0 Å². The van der Waals surface area contributed by atoms with Gasteiger partial charge in [0.2, 0.25) is 0 Å². The molecule has 72 valence electrons. The molecule has 0 aromatic heterocycles. The van der Waals surface area contributed by atoms with E-state index in [-0.39, 0.29) is 0 Å². The van der Waals surface area contributed by atoms with Gasteiger partial charge < -0.3 is 0 Å². The third-order valence-electron chi connectivity index (χ3n) is 2.02. The van der Waals surface area contributed by atoms with Crippen molar-refractivity contribution in [1.29, 1.82) is 0 Å². The predicted molar refractivity (Wildman–Crippen MR) is 57.2 cm³/mol. The van der Waals surface area contributed by atoms with Gasteiger partial charge in [0.05, 0.1) is 0 Å². The minimum atomic E-state index is 0.700. The number of allylic oxidation sites excluding steroid dienone is 2. The molecule has 0 aliphatic rings. The Labute approximate surface area is 78.1 Å². The van der Waals surface area contributed by atoms with Crippen LogP contribution in [-0.4, -0.2) is 0 Å². The molecule has 0 saturated heterocycles. The minimum absolute atomic E-state index is 0.700. The average Bonchev–Trinajstić information content (AvgIpc) is 1.96. The van der Waals surface area contributed by atoms with Crippen LogP contribution in [0, 0.1) is 17.8 Å². The van der Waals surface area contributed by atoms with Gasteiger partial charge in [0.25, 0.3) is 0 Å². The molecule has 0 aromatic rings. The second-order valence-corrected chi connectivity index (χ2v) is 4.58. The Hall–Kier alpha value is -0.260. The number of hydrogen-bond acceptors (Lipinski definition) is 0. The highest BCUT2D eigenvalue weighted by atomic mass is 14.1. The van der Waals surface area contributed by atoms with Crippen molar-refractivity contribution in [3.63, 3.8) is 0 Å². The first-order chi connectivity index (χ1) is 5.52. The lowest BCUT2D eigenvalue weighted by atomic mass is 9.98. The Balaban J connectivity index is 3.52. The highest BCUT2D eigenvalue weighted by Gasteiger charge is 1.99. The molecule has 12 heavy (non-hydrogen) atoms. The molecule has 0 bridgehead atoms. The van der Waals surface area contributed by atoms with Crippen molar-refractivity contribution < 1.29 is 0 Å². The zero-order valence-corrected chi connectivity index (χ0v) is 9.30. The quantitative estimate of drug-likeness (QED) is 0.538. The largest absolute Gasteiger partial charge is 0.0857 e. The van der Waals surface area contributed by atoms with Gasteiger partial charge >= 0.3 is 0 Å². The van der Waals surface area contributed by atoms with Gasteiger partial charge in [-0.1, -0.05) is 53.2 Å². The van der Waals surface area contributed by atoms with Crippen molar-refractivity contribution in [3.8, 4) is 0 Å². The lowest BCUT2D eigenvalue weighted by molar-refractivity contribution is 0.501. The van der Waals surface area contributed by atoms with Crippen LogP contribution in [0.4, 0.5) is 0 Å². The van der Waals surface area contributed by atoms with Crippen molar-refractivity contribution in [3.05, 3.63) is 12.2 Å². The summed E-state index contributed by atoms with van der Waals surface area (Å²) in [5.74, 6) is 2.31. The first-order valence-electron chi connectivity index (χ1n) is 5.20. The van der Waals surface area contributed by atoms with E-state index in [4.69, 9.17) is 0 Å². The maximum atomic E-state index is 2.35. The fourth-order valence-electron chi connectivity index (χ4n) is 1.10. The Kier molecular flexibility index (Phi) is 6.14. The van der Waals surface area contributed by atoms with Crippen LogP contribution >= 0.6 is 0 Å². The molecule has 0 spiro atoms. The van der Waals surface area contributed by atoms with Crippen LogP contribution in [0.3, 0.4) is 0 Å². The summed E-state index contributed by atoms with van der Waals surface area (Å²) in [5, 5.41) is 0. The lowest BCUT2D eigenvalue weighted by Crippen LogP contribution is -1.95. The van der Waals surface area contributed by atoms with E-state index in [1.807, 2.05) is 0 Å². The molecule has 0 saturated carbocycles. The second kappa shape index (κ2) is 6.28. The summed E-state index contributed by atoms with van der Waals surface area (Å²) in [6.45, 7) is 11.3. The van der Waals surface area contributed by atoms with E-state index >= 15 is 0 Å². The highest BCUT2D eigenvalue weighted by molar-refractivity contribution is 4.88. The predicted octanol–water partition coefficient (Wildman–Crippen LogP) is 4.27. The molecule has 0 heteroatoms. The van der Waals surface area contributed by atoms with E-state index in [9.17, 15) is 0 Å². The van der Waals surface area contributed by atoms with E-state index < -0.39 is 0 Å². The molecular formula is C12H24. The van der Waals surface area contributed by atoms with Crippen molar-refractivity contribution >= 4 is 0 Å². The minimum Gasteiger partial charge on any atom is -0.0857 e. The normalized spacial score (nSPS) is 14.9. The maximum absolute atomic E-state index is 2.35. The standard InChI is InChI=1S/C12H24/c1-10(2)6-8-12(5)9-7-11(3)4/h6,8,10-12H,7,9H2,1-5H3/b8-6+. The second-order valence-electron chi connectivity index (χ2n) is 4.58. The number of hydrogen-bond donors (Lipinski definition) is 0. The summed E-state index contributed by atoms with van der Waals surface area (Å²) in [6.07, 6.45) is 7.35. The van der Waals surface area contributed by atoms with Crippen LogP contribution in [-0.2, 0) is 0 Å². The Bertz CT molecular complexity index is 120. The summed E-state index contributed by atoms with van der Waals surface area (Å²) in [7, 11) is 0. The number of rotatable bonds is 5. The summed E-state index contributed by atoms with van der Waals surface area (Å²) in [6, 6.07) is 0. The summed E-state index contributed by atoms with van der Waals surface area (Å²) in [4.78, 5) is 0. The molecule has 1 atom stereocenters. The first-order valence-corrected chi connectivity index (χ1v) is 5.20. The van der Waals surface area contributed by atoms with Crippen molar-refractivity contribution in [2.45, 2.75) is 47.5 Å². The fourth-order valence-corrected chi connectivity index (χ4v) is 1.10. The van der Waals surface area contributed by atoms with Gasteiger partial charge in [-0.25, -0.2) is 0 Å². The first kappa shape index (κ1) is 11.7. The highest BCUT2D eigenvalue weighted by Crippen LogP contribution is 2.13. The van der Waals surface area contributed by atoms with Gasteiger partial charge in [-0.05, 0) is 24.2 Å². The summed E-state index contributed by atoms with van der Waals surface area (Å²) < 4.78 is 0. The molecule has 0 aromatic carbocycles. The van der Waals surface area contributed by atoms with Crippen molar-refractivity contribution in [2.75, 3.05) is 0 Å². The topological polar surface area (TPSA) is 0 Å². The Morgan fingerprint density at radius 2 is 1.42 bits per heavy atom. The zero-order chi connectivity index (χ0) is 9.56. The molecule has 0 fully saturated rings. The lowest BCUT2D eigenvalue weighted by Gasteiger charge is -2.08. The smallest absolute Gasteiger partial charge is 0.0262 e. The molecule has 0 N–H and O–H groups in total. The van der Waals surface area contributed by atoms with Crippen LogP contribution in [0.2, 0.25) is 0 Å². The molecule has 0 nitrogen and oxygen atoms in total. The molecule has 0 aliphatic carbocycles. The van der Waals surface area contributed by atoms with Crippen LogP contribution in [0.15, 0.2) is 12.2 Å². The van der Waals surface area contributed by atoms with Crippen LogP contribution in [0.1, 0.15) is 47.5 Å². The zero-order valence-electron chi connectivity index (χ0n) is 9.30. The van der Waals surface area contributed by atoms with Gasteiger partial charge in [0.15, 0.2) is 0 Å². The summed E-state index contributed by atoms with van der Waals surface area (Å²) in [5.41, 5.74) is 0. The summed E-state index contributed by atoms with van der Waals surface area (Å²) >= 11 is 0. The van der Waals surface area contributed by atoms with Gasteiger partial charge in [0.1, 0.15) is 0 Å². The Morgan fingerprint density at radius 1 is 0.833 bits per heavy atom. The van der Waals surface area contributed by atoms with Crippen molar-refractivity contribution in [2.24, 2.45) is 17.8 Å².